The van der Waals surface area contributed by atoms with Gasteiger partial charge in [-0.1, -0.05) is 54.6 Å². The highest BCUT2D eigenvalue weighted by atomic mass is 16.5. The van der Waals surface area contributed by atoms with Gasteiger partial charge in [-0.25, -0.2) is 4.79 Å². The zero-order valence-electron chi connectivity index (χ0n) is 15.8. The maximum absolute atomic E-state index is 12.1. The maximum atomic E-state index is 12.1. The third kappa shape index (κ3) is 4.04. The molecular weight excluding hydrogens is 362 g/mol. The fourth-order valence-corrected chi connectivity index (χ4v) is 3.34. The van der Waals surface area contributed by atoms with E-state index in [-0.39, 0.29) is 6.61 Å². The molecule has 0 heterocycles. The van der Waals surface area contributed by atoms with Crippen molar-refractivity contribution in [3.05, 3.63) is 90.0 Å². The zero-order chi connectivity index (χ0) is 20.1. The van der Waals surface area contributed by atoms with E-state index in [9.17, 15) is 4.79 Å². The molecule has 0 aromatic heterocycles. The molecule has 0 unspecified atom stereocenters. The normalized spacial score (nSPS) is 10.6. The molecule has 0 spiro atoms. The van der Waals surface area contributed by atoms with Gasteiger partial charge in [0.05, 0.1) is 30.4 Å². The highest BCUT2D eigenvalue weighted by Gasteiger charge is 2.09. The second-order valence-electron chi connectivity index (χ2n) is 6.67. The molecule has 4 rings (SSSR count). The lowest BCUT2D eigenvalue weighted by Crippen LogP contribution is -2.09. The van der Waals surface area contributed by atoms with Crippen molar-refractivity contribution in [1.29, 1.82) is 5.26 Å². The number of hydrogen-bond donors (Lipinski definition) is 0. The predicted octanol–water partition coefficient (Wildman–Crippen LogP) is 5.49. The molecule has 4 aromatic carbocycles. The smallest absolute Gasteiger partial charge is 0.338 e. The van der Waals surface area contributed by atoms with E-state index < -0.39 is 5.97 Å². The quantitative estimate of drug-likeness (QED) is 0.252. The minimum absolute atomic E-state index is 0.251. The molecule has 142 valence electrons. The third-order valence-corrected chi connectivity index (χ3v) is 4.74. The van der Waals surface area contributed by atoms with Gasteiger partial charge in [-0.2, -0.15) is 5.26 Å². The Kier molecular flexibility index (Phi) is 5.40. The van der Waals surface area contributed by atoms with E-state index in [0.29, 0.717) is 24.2 Å². The standard InChI is InChI=1S/C25H19NO3/c26-17-18-7-5-9-20(15-18)25(27)29-14-6-13-28-24-16-19-8-1-2-10-21(19)22-11-3-4-12-23(22)24/h1-5,7-12,15-16H,6,13-14H2. The molecule has 0 amide bonds. The molecular formula is C25H19NO3. The Labute approximate surface area is 168 Å². The van der Waals surface area contributed by atoms with E-state index in [1.54, 1.807) is 18.2 Å². The summed E-state index contributed by atoms with van der Waals surface area (Å²) in [6.07, 6.45) is 0.574. The summed E-state index contributed by atoms with van der Waals surface area (Å²) >= 11 is 0. The van der Waals surface area contributed by atoms with Crippen molar-refractivity contribution in [2.75, 3.05) is 13.2 Å². The number of hydrogen-bond acceptors (Lipinski definition) is 4. The molecule has 4 aromatic rings. The molecule has 0 aliphatic heterocycles. The lowest BCUT2D eigenvalue weighted by molar-refractivity contribution is 0.0486. The number of rotatable bonds is 6. The SMILES string of the molecule is N#Cc1cccc(C(=O)OCCCOc2cc3ccccc3c3ccccc23)c1. The van der Waals surface area contributed by atoms with Crippen LogP contribution < -0.4 is 4.74 Å². The van der Waals surface area contributed by atoms with Crippen molar-refractivity contribution >= 4 is 27.5 Å². The van der Waals surface area contributed by atoms with Crippen molar-refractivity contribution < 1.29 is 14.3 Å². The van der Waals surface area contributed by atoms with Crippen molar-refractivity contribution in [2.45, 2.75) is 6.42 Å². The van der Waals surface area contributed by atoms with Crippen LogP contribution in [0.5, 0.6) is 5.75 Å². The minimum Gasteiger partial charge on any atom is -0.493 e. The topological polar surface area (TPSA) is 59.3 Å². The predicted molar refractivity (Wildman–Crippen MR) is 113 cm³/mol. The number of ether oxygens (including phenoxy) is 2. The first-order chi connectivity index (χ1) is 14.3. The van der Waals surface area contributed by atoms with Crippen LogP contribution in [0.25, 0.3) is 21.5 Å². The van der Waals surface area contributed by atoms with E-state index >= 15 is 0 Å². The summed E-state index contributed by atoms with van der Waals surface area (Å²) in [6, 6.07) is 27.0. The van der Waals surface area contributed by atoms with Crippen LogP contribution in [0.15, 0.2) is 78.9 Å². The molecule has 0 atom stereocenters. The first-order valence-corrected chi connectivity index (χ1v) is 9.47. The Morgan fingerprint density at radius 3 is 2.41 bits per heavy atom. The van der Waals surface area contributed by atoms with Crippen LogP contribution in [0.2, 0.25) is 0 Å². The van der Waals surface area contributed by atoms with Gasteiger partial charge in [0.15, 0.2) is 0 Å². The Hall–Kier alpha value is -3.84. The summed E-state index contributed by atoms with van der Waals surface area (Å²) in [7, 11) is 0. The highest BCUT2D eigenvalue weighted by molar-refractivity contribution is 6.10. The van der Waals surface area contributed by atoms with Gasteiger partial charge < -0.3 is 9.47 Å². The van der Waals surface area contributed by atoms with Crippen LogP contribution in [0.1, 0.15) is 22.3 Å². The highest BCUT2D eigenvalue weighted by Crippen LogP contribution is 2.33. The number of carbonyl (C=O) groups is 1. The molecule has 0 aliphatic carbocycles. The number of nitriles is 1. The minimum atomic E-state index is -0.432. The van der Waals surface area contributed by atoms with Gasteiger partial charge in [-0.3, -0.25) is 0 Å². The van der Waals surface area contributed by atoms with Crippen LogP contribution in [-0.4, -0.2) is 19.2 Å². The number of fused-ring (bicyclic) bond motifs is 3. The average molecular weight is 381 g/mol. The summed E-state index contributed by atoms with van der Waals surface area (Å²) in [5.41, 5.74) is 0.816. The number of esters is 1. The summed E-state index contributed by atoms with van der Waals surface area (Å²) in [4.78, 5) is 12.1. The lowest BCUT2D eigenvalue weighted by Gasteiger charge is -2.12. The largest absolute Gasteiger partial charge is 0.493 e. The van der Waals surface area contributed by atoms with E-state index in [1.165, 1.54) is 11.5 Å². The molecule has 0 saturated carbocycles. The van der Waals surface area contributed by atoms with Gasteiger partial charge in [0.1, 0.15) is 5.75 Å². The van der Waals surface area contributed by atoms with Crippen LogP contribution in [0.4, 0.5) is 0 Å². The molecule has 0 N–H and O–H groups in total. The van der Waals surface area contributed by atoms with Crippen LogP contribution in [-0.2, 0) is 4.74 Å². The fourth-order valence-electron chi connectivity index (χ4n) is 3.34. The van der Waals surface area contributed by atoms with Crippen molar-refractivity contribution in [1.82, 2.24) is 0 Å². The van der Waals surface area contributed by atoms with Crippen molar-refractivity contribution in [3.8, 4) is 11.8 Å². The molecule has 0 saturated heterocycles. The first-order valence-electron chi connectivity index (χ1n) is 9.47. The summed E-state index contributed by atoms with van der Waals surface area (Å²) in [6.45, 7) is 0.689. The summed E-state index contributed by atoms with van der Waals surface area (Å²) in [5.74, 6) is 0.394. The molecule has 0 aliphatic rings. The maximum Gasteiger partial charge on any atom is 0.338 e. The van der Waals surface area contributed by atoms with Crippen LogP contribution in [0.3, 0.4) is 0 Å². The zero-order valence-corrected chi connectivity index (χ0v) is 15.8. The van der Waals surface area contributed by atoms with Gasteiger partial charge in [0.2, 0.25) is 0 Å². The monoisotopic (exact) mass is 381 g/mol. The van der Waals surface area contributed by atoms with Gasteiger partial charge in [-0.05, 0) is 40.4 Å². The number of carbonyl (C=O) groups excluding carboxylic acids is 1. The van der Waals surface area contributed by atoms with Crippen LogP contribution in [0, 0.1) is 11.3 Å². The fraction of sp³-hybridized carbons (Fsp3) is 0.120. The first kappa shape index (κ1) is 18.5. The van der Waals surface area contributed by atoms with Crippen molar-refractivity contribution in [3.63, 3.8) is 0 Å². The molecule has 29 heavy (non-hydrogen) atoms. The van der Waals surface area contributed by atoms with Crippen molar-refractivity contribution in [2.24, 2.45) is 0 Å². The van der Waals surface area contributed by atoms with Gasteiger partial charge in [0.25, 0.3) is 0 Å². The van der Waals surface area contributed by atoms with Crippen LogP contribution >= 0.6 is 0 Å². The average Bonchev–Trinajstić information content (AvgIpc) is 2.78. The van der Waals surface area contributed by atoms with E-state index in [1.807, 2.05) is 30.3 Å². The second kappa shape index (κ2) is 8.45. The van der Waals surface area contributed by atoms with E-state index in [2.05, 4.69) is 30.3 Å². The van der Waals surface area contributed by atoms with E-state index in [4.69, 9.17) is 14.7 Å². The summed E-state index contributed by atoms with van der Waals surface area (Å²) < 4.78 is 11.3. The Bertz CT molecular complexity index is 1220. The molecule has 4 heteroatoms. The number of benzene rings is 4. The Morgan fingerprint density at radius 2 is 1.59 bits per heavy atom. The van der Waals surface area contributed by atoms with Gasteiger partial charge >= 0.3 is 5.97 Å². The lowest BCUT2D eigenvalue weighted by atomic mass is 10.0. The molecule has 0 radical (unpaired) electrons. The number of nitrogens with zero attached hydrogens (tertiary/aromatic N) is 1. The third-order valence-electron chi connectivity index (χ3n) is 4.74. The Morgan fingerprint density at radius 1 is 0.828 bits per heavy atom. The second-order valence-corrected chi connectivity index (χ2v) is 6.67. The van der Waals surface area contributed by atoms with Gasteiger partial charge in [0, 0.05) is 11.8 Å². The molecule has 0 fully saturated rings. The Balaban J connectivity index is 1.39. The molecule has 4 nitrogen and oxygen atoms in total. The van der Waals surface area contributed by atoms with Gasteiger partial charge in [-0.15, -0.1) is 0 Å². The summed E-state index contributed by atoms with van der Waals surface area (Å²) in [5, 5.41) is 13.5. The van der Waals surface area contributed by atoms with E-state index in [0.717, 1.165) is 21.9 Å². The molecule has 0 bridgehead atoms.